The number of fused-ring (bicyclic) bond motifs is 1. The Balaban J connectivity index is 1.91. The summed E-state index contributed by atoms with van der Waals surface area (Å²) in [6.45, 7) is 3.27. The van der Waals surface area contributed by atoms with Gasteiger partial charge in [0.1, 0.15) is 16.5 Å². The Labute approximate surface area is 178 Å². The van der Waals surface area contributed by atoms with Crippen molar-refractivity contribution in [3.05, 3.63) is 52.3 Å². The zero-order valence-corrected chi connectivity index (χ0v) is 18.8. The Bertz CT molecular complexity index is 1040. The smallest absolute Gasteiger partial charge is 0.247 e. The second-order valence-electron chi connectivity index (χ2n) is 6.82. The minimum Gasteiger partial charge on any atom is -0.495 e. The molecule has 0 saturated carbocycles. The summed E-state index contributed by atoms with van der Waals surface area (Å²) < 4.78 is 47.0. The topological polar surface area (TPSA) is 66.9 Å². The van der Waals surface area contributed by atoms with Gasteiger partial charge in [-0.2, -0.15) is 4.31 Å². The highest BCUT2D eigenvalue weighted by atomic mass is 79.9. The number of likely N-dealkylation sites (N-methyl/N-ethyl adjacent to an activating group) is 1. The van der Waals surface area contributed by atoms with E-state index in [1.54, 1.807) is 11.8 Å². The van der Waals surface area contributed by atoms with Gasteiger partial charge in [-0.15, -0.1) is 0 Å². The lowest BCUT2D eigenvalue weighted by molar-refractivity contribution is -0.119. The maximum Gasteiger partial charge on any atom is 0.247 e. The standard InChI is InChI=1S/C20H22BrFN2O4S/c1-4-23(29(26,27)19-11-16(22)6-8-18(19)28-3)12-20(25)24-13(2)9-14-10-15(21)5-7-17(14)24/h5-8,10-11,13H,4,9,12H2,1-3H3/t13-/m1/s1. The highest BCUT2D eigenvalue weighted by Gasteiger charge is 2.35. The first kappa shape index (κ1) is 21.7. The van der Waals surface area contributed by atoms with Gasteiger partial charge in [0.2, 0.25) is 15.9 Å². The molecule has 1 amide bonds. The number of carbonyl (C=O) groups excluding carboxylic acids is 1. The van der Waals surface area contributed by atoms with Crippen LogP contribution in [0.1, 0.15) is 19.4 Å². The Morgan fingerprint density at radius 3 is 2.69 bits per heavy atom. The molecule has 0 saturated heterocycles. The first-order chi connectivity index (χ1) is 13.7. The molecule has 0 bridgehead atoms. The number of amides is 1. The summed E-state index contributed by atoms with van der Waals surface area (Å²) in [5, 5.41) is 0. The number of benzene rings is 2. The molecule has 2 aromatic carbocycles. The van der Waals surface area contributed by atoms with Gasteiger partial charge < -0.3 is 9.64 Å². The summed E-state index contributed by atoms with van der Waals surface area (Å²) in [5.74, 6) is -0.999. The molecule has 3 rings (SSSR count). The number of hydrogen-bond donors (Lipinski definition) is 0. The van der Waals surface area contributed by atoms with Crippen LogP contribution in [0.25, 0.3) is 0 Å². The van der Waals surface area contributed by atoms with E-state index in [9.17, 15) is 17.6 Å². The van der Waals surface area contributed by atoms with Crippen molar-refractivity contribution in [3.63, 3.8) is 0 Å². The molecule has 0 N–H and O–H groups in total. The number of rotatable bonds is 6. The van der Waals surface area contributed by atoms with Gasteiger partial charge in [0, 0.05) is 22.7 Å². The molecular formula is C20H22BrFN2O4S. The number of sulfonamides is 1. The monoisotopic (exact) mass is 484 g/mol. The number of methoxy groups -OCH3 is 1. The molecule has 0 radical (unpaired) electrons. The van der Waals surface area contributed by atoms with Crippen molar-refractivity contribution >= 4 is 37.5 Å². The Morgan fingerprint density at radius 2 is 2.03 bits per heavy atom. The van der Waals surface area contributed by atoms with E-state index in [-0.39, 0.29) is 35.7 Å². The molecule has 156 valence electrons. The van der Waals surface area contributed by atoms with Gasteiger partial charge in [-0.1, -0.05) is 22.9 Å². The zero-order chi connectivity index (χ0) is 21.3. The first-order valence-corrected chi connectivity index (χ1v) is 11.4. The quantitative estimate of drug-likeness (QED) is 0.628. The molecule has 1 aliphatic heterocycles. The molecule has 0 unspecified atom stereocenters. The SMILES string of the molecule is CCN(CC(=O)N1c2ccc(Br)cc2C[C@H]1C)S(=O)(=O)c1cc(F)ccc1OC. The summed E-state index contributed by atoms with van der Waals surface area (Å²) >= 11 is 3.43. The molecule has 0 aromatic heterocycles. The normalized spacial score (nSPS) is 16.2. The lowest BCUT2D eigenvalue weighted by Crippen LogP contribution is -2.45. The molecule has 6 nitrogen and oxygen atoms in total. The van der Waals surface area contributed by atoms with E-state index in [4.69, 9.17) is 4.74 Å². The fourth-order valence-electron chi connectivity index (χ4n) is 3.56. The van der Waals surface area contributed by atoms with Gasteiger partial charge in [0.05, 0.1) is 13.7 Å². The zero-order valence-electron chi connectivity index (χ0n) is 16.4. The average Bonchev–Trinajstić information content (AvgIpc) is 3.00. The van der Waals surface area contributed by atoms with Crippen LogP contribution < -0.4 is 9.64 Å². The van der Waals surface area contributed by atoms with Gasteiger partial charge in [-0.3, -0.25) is 4.79 Å². The van der Waals surface area contributed by atoms with E-state index in [0.29, 0.717) is 6.42 Å². The summed E-state index contributed by atoms with van der Waals surface area (Å²) in [4.78, 5) is 14.4. The number of ether oxygens (including phenoxy) is 1. The van der Waals surface area contributed by atoms with Gasteiger partial charge >= 0.3 is 0 Å². The summed E-state index contributed by atoms with van der Waals surface area (Å²) in [5.41, 5.74) is 1.81. The van der Waals surface area contributed by atoms with Crippen molar-refractivity contribution in [1.29, 1.82) is 0 Å². The van der Waals surface area contributed by atoms with E-state index in [0.717, 1.165) is 32.2 Å². The summed E-state index contributed by atoms with van der Waals surface area (Å²) in [6, 6.07) is 8.87. The minimum absolute atomic E-state index is 0.0297. The van der Waals surface area contributed by atoms with Crippen LogP contribution in [0.2, 0.25) is 0 Å². The van der Waals surface area contributed by atoms with Crippen molar-refractivity contribution < 1.29 is 22.3 Å². The Kier molecular flexibility index (Phi) is 6.30. The van der Waals surface area contributed by atoms with Crippen LogP contribution in [0.3, 0.4) is 0 Å². The maximum absolute atomic E-state index is 13.7. The molecule has 1 atom stereocenters. The maximum atomic E-state index is 13.7. The third kappa shape index (κ3) is 4.17. The van der Waals surface area contributed by atoms with Crippen molar-refractivity contribution in [2.75, 3.05) is 25.1 Å². The molecule has 9 heteroatoms. The van der Waals surface area contributed by atoms with Gasteiger partial charge in [-0.25, -0.2) is 12.8 Å². The summed E-state index contributed by atoms with van der Waals surface area (Å²) in [6.07, 6.45) is 0.692. The van der Waals surface area contributed by atoms with Crippen LogP contribution >= 0.6 is 15.9 Å². The third-order valence-electron chi connectivity index (χ3n) is 4.93. The Hall–Kier alpha value is -1.97. The first-order valence-electron chi connectivity index (χ1n) is 9.13. The molecule has 1 aliphatic rings. The molecule has 1 heterocycles. The third-order valence-corrected chi connectivity index (χ3v) is 7.37. The molecule has 0 spiro atoms. The number of nitrogens with zero attached hydrogens (tertiary/aromatic N) is 2. The van der Waals surface area contributed by atoms with Crippen LogP contribution in [0, 0.1) is 5.82 Å². The Morgan fingerprint density at radius 1 is 1.31 bits per heavy atom. The van der Waals surface area contributed by atoms with Crippen LogP contribution in [0.5, 0.6) is 5.75 Å². The van der Waals surface area contributed by atoms with E-state index < -0.39 is 15.8 Å². The van der Waals surface area contributed by atoms with Crippen molar-refractivity contribution in [2.24, 2.45) is 0 Å². The fourth-order valence-corrected chi connectivity index (χ4v) is 5.54. The van der Waals surface area contributed by atoms with E-state index in [2.05, 4.69) is 15.9 Å². The number of anilines is 1. The van der Waals surface area contributed by atoms with Crippen LogP contribution in [0.15, 0.2) is 45.8 Å². The molecular weight excluding hydrogens is 463 g/mol. The fraction of sp³-hybridized carbons (Fsp3) is 0.350. The van der Waals surface area contributed by atoms with E-state index >= 15 is 0 Å². The van der Waals surface area contributed by atoms with Gasteiger partial charge in [0.25, 0.3) is 0 Å². The predicted octanol–water partition coefficient (Wildman–Crippen LogP) is 3.59. The molecule has 0 aliphatic carbocycles. The van der Waals surface area contributed by atoms with E-state index in [1.807, 2.05) is 25.1 Å². The van der Waals surface area contributed by atoms with Gasteiger partial charge in [0.15, 0.2) is 0 Å². The second kappa shape index (κ2) is 8.41. The van der Waals surface area contributed by atoms with E-state index in [1.165, 1.54) is 13.2 Å². The van der Waals surface area contributed by atoms with Gasteiger partial charge in [-0.05, 0) is 55.3 Å². The highest BCUT2D eigenvalue weighted by Crippen LogP contribution is 2.35. The van der Waals surface area contributed by atoms with Crippen LogP contribution in [-0.4, -0.2) is 44.9 Å². The van der Waals surface area contributed by atoms with Crippen LogP contribution in [-0.2, 0) is 21.2 Å². The van der Waals surface area contributed by atoms with Crippen molar-refractivity contribution in [1.82, 2.24) is 4.31 Å². The lowest BCUT2D eigenvalue weighted by Gasteiger charge is -2.27. The number of halogens is 2. The predicted molar refractivity (Wildman–Crippen MR) is 112 cm³/mol. The minimum atomic E-state index is -4.13. The van der Waals surface area contributed by atoms with Crippen LogP contribution in [0.4, 0.5) is 10.1 Å². The second-order valence-corrected chi connectivity index (χ2v) is 9.64. The van der Waals surface area contributed by atoms with Crippen molar-refractivity contribution in [3.8, 4) is 5.75 Å². The molecule has 29 heavy (non-hydrogen) atoms. The number of hydrogen-bond acceptors (Lipinski definition) is 4. The number of carbonyl (C=O) groups is 1. The summed E-state index contributed by atoms with van der Waals surface area (Å²) in [7, 11) is -2.82. The molecule has 0 fully saturated rings. The average molecular weight is 485 g/mol. The highest BCUT2D eigenvalue weighted by molar-refractivity contribution is 9.10. The van der Waals surface area contributed by atoms with Crippen molar-refractivity contribution in [2.45, 2.75) is 31.2 Å². The largest absolute Gasteiger partial charge is 0.495 e. The lowest BCUT2D eigenvalue weighted by atomic mass is 10.1. The molecule has 2 aromatic rings.